The van der Waals surface area contributed by atoms with Crippen molar-refractivity contribution in [3.05, 3.63) is 83.9 Å². The van der Waals surface area contributed by atoms with E-state index in [4.69, 9.17) is 5.11 Å². The van der Waals surface area contributed by atoms with Gasteiger partial charge in [0, 0.05) is 0 Å². The molecule has 0 amide bonds. The molecule has 4 rings (SSSR count). The third-order valence-corrected chi connectivity index (χ3v) is 8.97. The van der Waals surface area contributed by atoms with Crippen LogP contribution in [0.1, 0.15) is 108 Å². The van der Waals surface area contributed by atoms with E-state index in [9.17, 15) is 4.79 Å². The van der Waals surface area contributed by atoms with Gasteiger partial charge in [-0.3, -0.25) is 4.79 Å². The van der Waals surface area contributed by atoms with E-state index in [0.717, 1.165) is 31.1 Å². The number of unbranched alkanes of at least 4 members (excludes halogenated alkanes) is 4. The summed E-state index contributed by atoms with van der Waals surface area (Å²) >= 11 is 0. The van der Waals surface area contributed by atoms with E-state index in [1.54, 1.807) is 6.92 Å². The van der Waals surface area contributed by atoms with Crippen molar-refractivity contribution in [1.29, 1.82) is 0 Å². The van der Waals surface area contributed by atoms with Crippen LogP contribution >= 0.6 is 0 Å². The topological polar surface area (TPSA) is 37.3 Å². The van der Waals surface area contributed by atoms with Gasteiger partial charge in [-0.2, -0.15) is 0 Å². The summed E-state index contributed by atoms with van der Waals surface area (Å²) in [4.78, 5) is 11.1. The van der Waals surface area contributed by atoms with E-state index in [1.807, 2.05) is 0 Å². The normalized spacial score (nSPS) is 18.1. The summed E-state index contributed by atoms with van der Waals surface area (Å²) in [5.74, 6) is 0.693. The van der Waals surface area contributed by atoms with Gasteiger partial charge in [-0.05, 0) is 90.2 Å². The molecule has 0 aliphatic heterocycles. The van der Waals surface area contributed by atoms with Crippen LogP contribution in [0.5, 0.6) is 0 Å². The van der Waals surface area contributed by atoms with Crippen LogP contribution in [-0.2, 0) is 11.2 Å². The Kier molecular flexibility index (Phi) is 11.2. The summed E-state index contributed by atoms with van der Waals surface area (Å²) in [5.41, 5.74) is 7.82. The predicted molar refractivity (Wildman–Crippen MR) is 165 cm³/mol. The average molecular weight is 525 g/mol. The molecular formula is C37H48O2. The number of benzene rings is 3. The molecule has 0 heterocycles. The average Bonchev–Trinajstić information content (AvgIpc) is 2.98. The van der Waals surface area contributed by atoms with Crippen LogP contribution in [0.3, 0.4) is 0 Å². The van der Waals surface area contributed by atoms with E-state index < -0.39 is 5.97 Å². The third-order valence-electron chi connectivity index (χ3n) is 8.97. The first-order chi connectivity index (χ1) is 19.0. The lowest BCUT2D eigenvalue weighted by molar-refractivity contribution is -0.141. The lowest BCUT2D eigenvalue weighted by atomic mass is 9.77. The van der Waals surface area contributed by atoms with Gasteiger partial charge in [0.25, 0.3) is 0 Å². The molecule has 39 heavy (non-hydrogen) atoms. The van der Waals surface area contributed by atoms with Crippen LogP contribution in [0.4, 0.5) is 0 Å². The number of aryl methyl sites for hydroxylation is 1. The van der Waals surface area contributed by atoms with Crippen molar-refractivity contribution in [3.63, 3.8) is 0 Å². The van der Waals surface area contributed by atoms with Crippen molar-refractivity contribution in [2.45, 2.75) is 103 Å². The van der Waals surface area contributed by atoms with Crippen LogP contribution < -0.4 is 0 Å². The van der Waals surface area contributed by atoms with Crippen molar-refractivity contribution >= 4 is 5.97 Å². The Morgan fingerprint density at radius 3 is 1.95 bits per heavy atom. The summed E-state index contributed by atoms with van der Waals surface area (Å²) in [6.45, 7) is 4.08. The second kappa shape index (κ2) is 15.1. The second-order valence-electron chi connectivity index (χ2n) is 11.9. The molecule has 1 atom stereocenters. The van der Waals surface area contributed by atoms with Gasteiger partial charge in [0.15, 0.2) is 0 Å². The zero-order chi connectivity index (χ0) is 27.5. The van der Waals surface area contributed by atoms with Gasteiger partial charge in [-0.1, -0.05) is 125 Å². The van der Waals surface area contributed by atoms with Crippen molar-refractivity contribution in [2.24, 2.45) is 11.8 Å². The summed E-state index contributed by atoms with van der Waals surface area (Å²) in [7, 11) is 0. The van der Waals surface area contributed by atoms with Crippen LogP contribution in [0, 0.1) is 11.8 Å². The Morgan fingerprint density at radius 1 is 0.769 bits per heavy atom. The zero-order valence-electron chi connectivity index (χ0n) is 24.2. The molecule has 1 saturated carbocycles. The highest BCUT2D eigenvalue weighted by Gasteiger charge is 2.22. The molecule has 2 heteroatoms. The van der Waals surface area contributed by atoms with Gasteiger partial charge in [-0.25, -0.2) is 0 Å². The lowest BCUT2D eigenvalue weighted by Gasteiger charge is -2.29. The molecule has 1 aliphatic carbocycles. The van der Waals surface area contributed by atoms with Gasteiger partial charge in [0.2, 0.25) is 0 Å². The van der Waals surface area contributed by atoms with Crippen molar-refractivity contribution in [1.82, 2.24) is 0 Å². The maximum atomic E-state index is 11.1. The van der Waals surface area contributed by atoms with Gasteiger partial charge >= 0.3 is 5.97 Å². The first-order valence-electron chi connectivity index (χ1n) is 15.6. The zero-order valence-corrected chi connectivity index (χ0v) is 24.2. The number of carbonyl (C=O) groups is 1. The van der Waals surface area contributed by atoms with E-state index in [1.165, 1.54) is 97.6 Å². The highest BCUT2D eigenvalue weighted by Crippen LogP contribution is 2.39. The molecule has 1 fully saturated rings. The van der Waals surface area contributed by atoms with Gasteiger partial charge < -0.3 is 5.11 Å². The molecule has 0 spiro atoms. The van der Waals surface area contributed by atoms with Crippen LogP contribution in [-0.4, -0.2) is 11.1 Å². The number of rotatable bonds is 14. The molecule has 1 N–H and O–H groups in total. The second-order valence-corrected chi connectivity index (χ2v) is 11.9. The van der Waals surface area contributed by atoms with Crippen molar-refractivity contribution in [3.8, 4) is 22.3 Å². The lowest BCUT2D eigenvalue weighted by Crippen LogP contribution is -2.13. The number of hydrogen-bond donors (Lipinski definition) is 1. The molecule has 3 aromatic carbocycles. The van der Waals surface area contributed by atoms with Crippen molar-refractivity contribution in [2.75, 3.05) is 0 Å². The highest BCUT2D eigenvalue weighted by atomic mass is 16.4. The molecule has 0 radical (unpaired) electrons. The SMILES string of the molecule is CCCCCCCC1CCC(c2ccc(-c3ccccc3-c3ccc(CCCC(C)C(=O)O)cc3)cc2)CC1. The first kappa shape index (κ1) is 29.1. The monoisotopic (exact) mass is 524 g/mol. The fraction of sp³-hybridized carbons (Fsp3) is 0.486. The quantitative estimate of drug-likeness (QED) is 0.213. The summed E-state index contributed by atoms with van der Waals surface area (Å²) < 4.78 is 0. The Hall–Kier alpha value is -2.87. The minimum atomic E-state index is -0.703. The first-order valence-corrected chi connectivity index (χ1v) is 15.6. The number of carboxylic acid groups (broad SMARTS) is 1. The molecule has 2 nitrogen and oxygen atoms in total. The minimum Gasteiger partial charge on any atom is -0.481 e. The Morgan fingerprint density at radius 2 is 1.36 bits per heavy atom. The van der Waals surface area contributed by atoms with Gasteiger partial charge in [0.05, 0.1) is 5.92 Å². The van der Waals surface area contributed by atoms with E-state index in [2.05, 4.69) is 79.7 Å². The predicted octanol–water partition coefficient (Wildman–Crippen LogP) is 10.7. The van der Waals surface area contributed by atoms with E-state index in [0.29, 0.717) is 0 Å². The summed E-state index contributed by atoms with van der Waals surface area (Å²) in [6.07, 6.45) is 16.5. The fourth-order valence-electron chi connectivity index (χ4n) is 6.33. The van der Waals surface area contributed by atoms with Crippen LogP contribution in [0.25, 0.3) is 22.3 Å². The molecule has 1 unspecified atom stereocenters. The molecule has 208 valence electrons. The molecule has 1 aliphatic rings. The fourth-order valence-corrected chi connectivity index (χ4v) is 6.33. The molecule has 3 aromatic rings. The number of carboxylic acids is 1. The summed E-state index contributed by atoms with van der Waals surface area (Å²) in [6, 6.07) is 26.9. The Labute approximate surface area is 236 Å². The van der Waals surface area contributed by atoms with Gasteiger partial charge in [0.1, 0.15) is 0 Å². The van der Waals surface area contributed by atoms with Crippen molar-refractivity contribution < 1.29 is 9.90 Å². The van der Waals surface area contributed by atoms with E-state index >= 15 is 0 Å². The maximum Gasteiger partial charge on any atom is 0.306 e. The molecule has 0 saturated heterocycles. The minimum absolute atomic E-state index is 0.275. The number of aliphatic carboxylic acids is 1. The Bertz CT molecular complexity index is 1140. The highest BCUT2D eigenvalue weighted by molar-refractivity contribution is 5.83. The number of hydrogen-bond acceptors (Lipinski definition) is 1. The van der Waals surface area contributed by atoms with Crippen LogP contribution in [0.15, 0.2) is 72.8 Å². The maximum absolute atomic E-state index is 11.1. The smallest absolute Gasteiger partial charge is 0.306 e. The van der Waals surface area contributed by atoms with E-state index in [-0.39, 0.29) is 5.92 Å². The third kappa shape index (κ3) is 8.56. The standard InChI is InChI=1S/C37H48O2/c1-3-4-5-6-7-12-29-16-20-31(21-17-29)32-24-26-34(27-25-32)36-15-9-8-14-35(36)33-22-18-30(19-23-33)13-10-11-28(2)37(38)39/h8-9,14-15,18-19,22-29,31H,3-7,10-13,16-17,20-21H2,1-2H3,(H,38,39). The van der Waals surface area contributed by atoms with Gasteiger partial charge in [-0.15, -0.1) is 0 Å². The largest absolute Gasteiger partial charge is 0.481 e. The van der Waals surface area contributed by atoms with Crippen LogP contribution in [0.2, 0.25) is 0 Å². The Balaban J connectivity index is 1.34. The molecular weight excluding hydrogens is 476 g/mol. The molecule has 0 bridgehead atoms. The summed E-state index contributed by atoms with van der Waals surface area (Å²) in [5, 5.41) is 9.10. The molecule has 0 aromatic heterocycles.